The van der Waals surface area contributed by atoms with Crippen molar-refractivity contribution < 1.29 is 38.3 Å². The fourth-order valence-corrected chi connectivity index (χ4v) is 4.99. The van der Waals surface area contributed by atoms with Gasteiger partial charge in [-0.1, -0.05) is 65.8 Å². The number of anilines is 1. The van der Waals surface area contributed by atoms with Gasteiger partial charge in [-0.2, -0.15) is 5.06 Å². The first kappa shape index (κ1) is 27.7. The zero-order valence-corrected chi connectivity index (χ0v) is 22.5. The third-order valence-corrected chi connectivity index (χ3v) is 7.04. The fraction of sp³-hybridized carbons (Fsp3) is 0.259. The first-order chi connectivity index (χ1) is 19.8. The molecule has 2 aromatic carbocycles. The van der Waals surface area contributed by atoms with E-state index in [0.717, 1.165) is 11.3 Å². The number of thiazole rings is 1. The highest BCUT2D eigenvalue weighted by molar-refractivity contribution is 7.13. The summed E-state index contributed by atoms with van der Waals surface area (Å²) in [5.41, 5.74) is 4.73. The molecule has 3 N–H and O–H groups in total. The van der Waals surface area contributed by atoms with Crippen molar-refractivity contribution in [2.45, 2.75) is 30.7 Å². The number of nitrogens with zero attached hydrogens (tertiary/aromatic N) is 3. The van der Waals surface area contributed by atoms with Crippen LogP contribution in [-0.4, -0.2) is 65.0 Å². The summed E-state index contributed by atoms with van der Waals surface area (Å²) < 4.78 is 11.4. The van der Waals surface area contributed by atoms with Crippen molar-refractivity contribution in [3.8, 4) is 0 Å². The maximum atomic E-state index is 13.8. The molecule has 2 aliphatic rings. The average Bonchev–Trinajstić information content (AvgIpc) is 3.70. The zero-order chi connectivity index (χ0) is 29.0. The lowest BCUT2D eigenvalue weighted by atomic mass is 10.0. The van der Waals surface area contributed by atoms with Gasteiger partial charge in [-0.15, -0.1) is 11.3 Å². The number of cyclic esters (lactones) is 1. The van der Waals surface area contributed by atoms with Crippen molar-refractivity contribution in [3.63, 3.8) is 0 Å². The van der Waals surface area contributed by atoms with Crippen LogP contribution in [0.2, 0.25) is 0 Å². The second-order valence-electron chi connectivity index (χ2n) is 9.01. The highest BCUT2D eigenvalue weighted by atomic mass is 32.1. The minimum absolute atomic E-state index is 0.146. The number of amides is 2. The van der Waals surface area contributed by atoms with Crippen molar-refractivity contribution in [3.05, 3.63) is 82.9 Å². The first-order valence-electron chi connectivity index (χ1n) is 12.5. The predicted molar refractivity (Wildman–Crippen MR) is 144 cm³/mol. The number of hydrogen-bond acceptors (Lipinski definition) is 12. The molecule has 2 saturated heterocycles. The van der Waals surface area contributed by atoms with Gasteiger partial charge in [0.15, 0.2) is 16.9 Å². The van der Waals surface area contributed by atoms with Crippen molar-refractivity contribution >= 4 is 45.9 Å². The summed E-state index contributed by atoms with van der Waals surface area (Å²) in [6.45, 7) is -0.350. The summed E-state index contributed by atoms with van der Waals surface area (Å²) in [4.78, 5) is 66.9. The predicted octanol–water partition coefficient (Wildman–Crippen LogP) is 1.70. The molecule has 2 aliphatic heterocycles. The smallest absolute Gasteiger partial charge is 0.376 e. The SMILES string of the molecule is CO/N=C(\C(=O)N[C@H]1CON(C2(C(=O)OC(c3ccccc3)c3ccccc3)CCC(=O)O2)C1=O)c1csc(N)n1. The lowest BCUT2D eigenvalue weighted by molar-refractivity contribution is -0.260. The number of oxime groups is 1. The number of carbonyl (C=O) groups excluding carboxylic acids is 4. The Hall–Kier alpha value is -4.82. The maximum Gasteiger partial charge on any atom is 0.376 e. The molecule has 1 unspecified atom stereocenters. The number of carbonyl (C=O) groups is 4. The Morgan fingerprint density at radius 3 is 2.34 bits per heavy atom. The molecule has 2 atom stereocenters. The number of aromatic nitrogens is 1. The van der Waals surface area contributed by atoms with E-state index in [-0.39, 0.29) is 36.0 Å². The van der Waals surface area contributed by atoms with E-state index in [9.17, 15) is 19.2 Å². The minimum atomic E-state index is -2.19. The van der Waals surface area contributed by atoms with E-state index >= 15 is 0 Å². The third-order valence-electron chi connectivity index (χ3n) is 6.36. The van der Waals surface area contributed by atoms with E-state index in [1.165, 1.54) is 12.5 Å². The summed E-state index contributed by atoms with van der Waals surface area (Å²) in [6, 6.07) is 16.7. The molecule has 13 nitrogen and oxygen atoms in total. The van der Waals surface area contributed by atoms with Gasteiger partial charge >= 0.3 is 17.7 Å². The number of nitrogens with one attached hydrogen (secondary N) is 1. The van der Waals surface area contributed by atoms with Gasteiger partial charge in [-0.05, 0) is 11.1 Å². The summed E-state index contributed by atoms with van der Waals surface area (Å²) in [6.07, 6.45) is -1.23. The molecule has 0 spiro atoms. The summed E-state index contributed by atoms with van der Waals surface area (Å²) in [7, 11) is 1.25. The molecule has 5 rings (SSSR count). The Bertz CT molecular complexity index is 1440. The van der Waals surface area contributed by atoms with Gasteiger partial charge in [0.25, 0.3) is 11.8 Å². The second kappa shape index (κ2) is 11.7. The van der Waals surface area contributed by atoms with E-state index in [0.29, 0.717) is 16.2 Å². The molecule has 0 radical (unpaired) electrons. The summed E-state index contributed by atoms with van der Waals surface area (Å²) in [5.74, 6) is -3.33. The van der Waals surface area contributed by atoms with Crippen LogP contribution in [0.25, 0.3) is 0 Å². The van der Waals surface area contributed by atoms with E-state index in [1.807, 2.05) is 12.1 Å². The number of hydrogen-bond donors (Lipinski definition) is 2. The number of benzene rings is 2. The molecule has 2 fully saturated rings. The van der Waals surface area contributed by atoms with E-state index in [4.69, 9.17) is 24.9 Å². The van der Waals surface area contributed by atoms with E-state index in [1.54, 1.807) is 48.5 Å². The largest absolute Gasteiger partial charge is 0.448 e. The van der Waals surface area contributed by atoms with Crippen LogP contribution in [0.4, 0.5) is 5.13 Å². The summed E-state index contributed by atoms with van der Waals surface area (Å²) >= 11 is 1.09. The van der Waals surface area contributed by atoms with Crippen molar-refractivity contribution in [1.29, 1.82) is 0 Å². The number of nitrogen functional groups attached to an aromatic ring is 1. The highest BCUT2D eigenvalue weighted by Gasteiger charge is 2.60. The number of rotatable bonds is 9. The second-order valence-corrected chi connectivity index (χ2v) is 9.90. The number of nitrogens with two attached hydrogens (primary N) is 1. The minimum Gasteiger partial charge on any atom is -0.448 e. The Kier molecular flexibility index (Phi) is 7.94. The topological polar surface area (TPSA) is 172 Å². The lowest BCUT2D eigenvalue weighted by Gasteiger charge is -2.34. The van der Waals surface area contributed by atoms with E-state index < -0.39 is 41.6 Å². The van der Waals surface area contributed by atoms with Crippen LogP contribution in [-0.2, 0) is 38.3 Å². The molecule has 3 aromatic rings. The Labute approximate surface area is 237 Å². The van der Waals surface area contributed by atoms with Crippen molar-refractivity contribution in [2.24, 2.45) is 5.16 Å². The number of esters is 2. The maximum absolute atomic E-state index is 13.8. The first-order valence-corrected chi connectivity index (χ1v) is 13.3. The van der Waals surface area contributed by atoms with Crippen LogP contribution in [0, 0.1) is 0 Å². The van der Waals surface area contributed by atoms with Gasteiger partial charge in [0, 0.05) is 11.8 Å². The Balaban J connectivity index is 1.38. The average molecular weight is 580 g/mol. The van der Waals surface area contributed by atoms with Crippen LogP contribution in [0.5, 0.6) is 0 Å². The normalized spacial score (nSPS) is 20.7. The number of hydroxylamine groups is 2. The number of ether oxygens (including phenoxy) is 2. The molecule has 0 aliphatic carbocycles. The fourth-order valence-electron chi connectivity index (χ4n) is 4.44. The van der Waals surface area contributed by atoms with Crippen LogP contribution >= 0.6 is 11.3 Å². The van der Waals surface area contributed by atoms with Crippen molar-refractivity contribution in [2.75, 3.05) is 19.5 Å². The molecule has 1 aromatic heterocycles. The van der Waals surface area contributed by atoms with Gasteiger partial charge in [-0.3, -0.25) is 19.2 Å². The molecule has 0 saturated carbocycles. The van der Waals surface area contributed by atoms with Gasteiger partial charge < -0.3 is 25.4 Å². The van der Waals surface area contributed by atoms with Gasteiger partial charge in [0.1, 0.15) is 25.5 Å². The van der Waals surface area contributed by atoms with Gasteiger partial charge in [-0.25, -0.2) is 9.78 Å². The standard InChI is InChI=1S/C27H25N5O8S/c1-37-31-21(19-15-41-26(28)30-19)23(34)29-18-14-38-32(24(18)35)27(13-12-20(33)40-27)25(36)39-22(16-8-4-2-5-9-16)17-10-6-3-7-11-17/h2-11,15,18,22H,12-14H2,1H3,(H2,28,30)(H,29,34)/b31-21-/t18-,27?/m0/s1. The molecule has 3 heterocycles. The molecule has 14 heteroatoms. The van der Waals surface area contributed by atoms with Crippen LogP contribution < -0.4 is 11.1 Å². The Morgan fingerprint density at radius 1 is 1.15 bits per heavy atom. The molecule has 41 heavy (non-hydrogen) atoms. The summed E-state index contributed by atoms with van der Waals surface area (Å²) in [5, 5.41) is 8.58. The highest BCUT2D eigenvalue weighted by Crippen LogP contribution is 2.37. The Morgan fingerprint density at radius 2 is 1.80 bits per heavy atom. The molecule has 0 bridgehead atoms. The lowest BCUT2D eigenvalue weighted by Crippen LogP contribution is -2.57. The van der Waals surface area contributed by atoms with Crippen LogP contribution in [0.1, 0.15) is 35.8 Å². The van der Waals surface area contributed by atoms with Gasteiger partial charge in [0.2, 0.25) is 0 Å². The molecule has 212 valence electrons. The zero-order valence-electron chi connectivity index (χ0n) is 21.7. The molecular weight excluding hydrogens is 554 g/mol. The quantitative estimate of drug-likeness (QED) is 0.216. The monoisotopic (exact) mass is 579 g/mol. The van der Waals surface area contributed by atoms with Gasteiger partial charge in [0.05, 0.1) is 6.42 Å². The van der Waals surface area contributed by atoms with Crippen LogP contribution in [0.15, 0.2) is 71.2 Å². The van der Waals surface area contributed by atoms with Crippen LogP contribution in [0.3, 0.4) is 0 Å². The van der Waals surface area contributed by atoms with E-state index in [2.05, 4.69) is 15.5 Å². The molecule has 2 amide bonds. The third kappa shape index (κ3) is 5.60. The van der Waals surface area contributed by atoms with Crippen molar-refractivity contribution in [1.82, 2.24) is 15.4 Å². The molecular formula is C27H25N5O8S.